The number of pyridine rings is 1. The molecular formula is C16H24N4O3. The van der Waals surface area contributed by atoms with Crippen LogP contribution in [0.4, 0.5) is 0 Å². The van der Waals surface area contributed by atoms with E-state index in [4.69, 9.17) is 14.2 Å². The lowest BCUT2D eigenvalue weighted by molar-refractivity contribution is 0.143. The Morgan fingerprint density at radius 1 is 1.17 bits per heavy atom. The van der Waals surface area contributed by atoms with Crippen molar-refractivity contribution in [1.29, 1.82) is 0 Å². The van der Waals surface area contributed by atoms with Crippen LogP contribution in [0.5, 0.6) is 11.8 Å². The molecule has 0 saturated carbocycles. The number of aromatic nitrogens is 3. The quantitative estimate of drug-likeness (QED) is 0.705. The highest BCUT2D eigenvalue weighted by Gasteiger charge is 2.13. The second-order valence-electron chi connectivity index (χ2n) is 5.15. The lowest BCUT2D eigenvalue weighted by Crippen LogP contribution is -2.14. The Morgan fingerprint density at radius 2 is 2.00 bits per heavy atom. The van der Waals surface area contributed by atoms with E-state index in [2.05, 4.69) is 15.4 Å². The predicted molar refractivity (Wildman–Crippen MR) is 86.6 cm³/mol. The van der Waals surface area contributed by atoms with Crippen LogP contribution >= 0.6 is 0 Å². The molecule has 2 rings (SSSR count). The van der Waals surface area contributed by atoms with Crippen LogP contribution in [0.2, 0.25) is 0 Å². The van der Waals surface area contributed by atoms with E-state index in [-0.39, 0.29) is 0 Å². The van der Waals surface area contributed by atoms with Gasteiger partial charge in [0.15, 0.2) is 0 Å². The van der Waals surface area contributed by atoms with Gasteiger partial charge in [-0.25, -0.2) is 9.67 Å². The summed E-state index contributed by atoms with van der Waals surface area (Å²) in [5.41, 5.74) is 3.13. The molecule has 2 aromatic rings. The van der Waals surface area contributed by atoms with Gasteiger partial charge in [0.2, 0.25) is 11.8 Å². The molecule has 0 radical (unpaired) electrons. The minimum absolute atomic E-state index is 0.501. The molecule has 0 aliphatic rings. The van der Waals surface area contributed by atoms with Crippen LogP contribution in [0, 0.1) is 6.92 Å². The van der Waals surface area contributed by atoms with Crippen molar-refractivity contribution >= 4 is 0 Å². The first-order valence-corrected chi connectivity index (χ1v) is 7.49. The summed E-state index contributed by atoms with van der Waals surface area (Å²) in [5, 5.41) is 7.75. The molecule has 2 heterocycles. The van der Waals surface area contributed by atoms with E-state index < -0.39 is 0 Å². The van der Waals surface area contributed by atoms with E-state index in [0.717, 1.165) is 22.7 Å². The zero-order valence-corrected chi connectivity index (χ0v) is 14.1. The second kappa shape index (κ2) is 8.50. The lowest BCUT2D eigenvalue weighted by Gasteiger charge is -2.08. The summed E-state index contributed by atoms with van der Waals surface area (Å²) in [4.78, 5) is 4.27. The molecule has 0 aromatic carbocycles. The third-order valence-electron chi connectivity index (χ3n) is 3.45. The van der Waals surface area contributed by atoms with Crippen LogP contribution in [-0.4, -0.2) is 42.2 Å². The summed E-state index contributed by atoms with van der Waals surface area (Å²) < 4.78 is 17.5. The van der Waals surface area contributed by atoms with Gasteiger partial charge in [-0.3, -0.25) is 0 Å². The fourth-order valence-electron chi connectivity index (χ4n) is 2.30. The Morgan fingerprint density at radius 3 is 2.65 bits per heavy atom. The van der Waals surface area contributed by atoms with Crippen LogP contribution in [0.1, 0.15) is 16.8 Å². The number of ether oxygens (including phenoxy) is 3. The molecule has 0 aliphatic heterocycles. The molecule has 0 saturated heterocycles. The fraction of sp³-hybridized carbons (Fsp3) is 0.500. The van der Waals surface area contributed by atoms with E-state index in [1.807, 2.05) is 32.3 Å². The van der Waals surface area contributed by atoms with Gasteiger partial charge < -0.3 is 19.5 Å². The van der Waals surface area contributed by atoms with E-state index in [0.29, 0.717) is 32.2 Å². The molecule has 7 nitrogen and oxygen atoms in total. The average Bonchev–Trinajstić information content (AvgIpc) is 2.82. The van der Waals surface area contributed by atoms with Crippen LogP contribution in [0.3, 0.4) is 0 Å². The molecule has 7 heteroatoms. The zero-order valence-electron chi connectivity index (χ0n) is 14.1. The van der Waals surface area contributed by atoms with Gasteiger partial charge in [0.1, 0.15) is 6.61 Å². The summed E-state index contributed by atoms with van der Waals surface area (Å²) in [6, 6.07) is 3.86. The van der Waals surface area contributed by atoms with Crippen LogP contribution in [0.25, 0.3) is 0 Å². The van der Waals surface area contributed by atoms with Gasteiger partial charge in [-0.15, -0.1) is 0 Å². The summed E-state index contributed by atoms with van der Waals surface area (Å²) in [6.07, 6.45) is 1.81. The molecule has 2 aromatic heterocycles. The van der Waals surface area contributed by atoms with Gasteiger partial charge in [-0.05, 0) is 12.5 Å². The summed E-state index contributed by atoms with van der Waals surface area (Å²) in [5.74, 6) is 1.39. The number of nitrogens with zero attached hydrogens (tertiary/aromatic N) is 3. The maximum absolute atomic E-state index is 5.44. The van der Waals surface area contributed by atoms with Crippen molar-refractivity contribution in [1.82, 2.24) is 20.1 Å². The summed E-state index contributed by atoms with van der Waals surface area (Å²) in [6.45, 7) is 4.43. The summed E-state index contributed by atoms with van der Waals surface area (Å²) in [7, 11) is 5.18. The van der Waals surface area contributed by atoms with E-state index in [9.17, 15) is 0 Å². The second-order valence-corrected chi connectivity index (χ2v) is 5.15. The Balaban J connectivity index is 1.84. The monoisotopic (exact) mass is 320 g/mol. The standard InChI is InChI=1S/C16H24N4O3/c1-12-14(16(22-4)20(2)19-12)11-17-9-13-5-6-15(18-10-13)23-8-7-21-3/h5-6,10,17H,7-9,11H2,1-4H3. The Hall–Kier alpha value is -2.12. The number of methoxy groups -OCH3 is 2. The molecular weight excluding hydrogens is 296 g/mol. The Bertz CT molecular complexity index is 611. The molecule has 0 spiro atoms. The highest BCUT2D eigenvalue weighted by Crippen LogP contribution is 2.20. The summed E-state index contributed by atoms with van der Waals surface area (Å²) >= 11 is 0. The van der Waals surface area contributed by atoms with E-state index in [1.54, 1.807) is 18.9 Å². The van der Waals surface area contributed by atoms with Crippen molar-refractivity contribution in [2.24, 2.45) is 7.05 Å². The highest BCUT2D eigenvalue weighted by atomic mass is 16.5. The molecule has 126 valence electrons. The van der Waals surface area contributed by atoms with Gasteiger partial charge in [-0.1, -0.05) is 6.07 Å². The first-order chi connectivity index (χ1) is 11.2. The predicted octanol–water partition coefficient (Wildman–Crippen LogP) is 1.45. The SMILES string of the molecule is COCCOc1ccc(CNCc2c(C)nn(C)c2OC)cn1. The molecule has 0 fully saturated rings. The van der Waals surface area contributed by atoms with Gasteiger partial charge in [0.25, 0.3) is 0 Å². The highest BCUT2D eigenvalue weighted by molar-refractivity contribution is 5.30. The van der Waals surface area contributed by atoms with Gasteiger partial charge >= 0.3 is 0 Å². The topological polar surface area (TPSA) is 70.4 Å². The molecule has 0 amide bonds. The van der Waals surface area contributed by atoms with Crippen molar-refractivity contribution in [3.05, 3.63) is 35.2 Å². The largest absolute Gasteiger partial charge is 0.481 e. The van der Waals surface area contributed by atoms with Crippen molar-refractivity contribution < 1.29 is 14.2 Å². The Labute approximate surface area is 136 Å². The van der Waals surface area contributed by atoms with Crippen LogP contribution < -0.4 is 14.8 Å². The minimum atomic E-state index is 0.501. The zero-order chi connectivity index (χ0) is 16.7. The van der Waals surface area contributed by atoms with Crippen molar-refractivity contribution in [2.45, 2.75) is 20.0 Å². The number of rotatable bonds is 9. The smallest absolute Gasteiger partial charge is 0.216 e. The van der Waals surface area contributed by atoms with Crippen molar-refractivity contribution in [3.8, 4) is 11.8 Å². The van der Waals surface area contributed by atoms with Gasteiger partial charge in [0, 0.05) is 39.5 Å². The first-order valence-electron chi connectivity index (χ1n) is 7.49. The maximum atomic E-state index is 5.44. The van der Waals surface area contributed by atoms with E-state index in [1.165, 1.54) is 0 Å². The van der Waals surface area contributed by atoms with E-state index >= 15 is 0 Å². The molecule has 0 aliphatic carbocycles. The molecule has 0 unspecified atom stereocenters. The molecule has 0 atom stereocenters. The average molecular weight is 320 g/mol. The molecule has 1 N–H and O–H groups in total. The van der Waals surface area contributed by atoms with Crippen molar-refractivity contribution in [2.75, 3.05) is 27.4 Å². The first kappa shape index (κ1) is 17.2. The Kier molecular flexibility index (Phi) is 6.37. The number of aryl methyl sites for hydroxylation is 2. The lowest BCUT2D eigenvalue weighted by atomic mass is 10.2. The van der Waals surface area contributed by atoms with Crippen LogP contribution in [0.15, 0.2) is 18.3 Å². The third-order valence-corrected chi connectivity index (χ3v) is 3.45. The normalized spacial score (nSPS) is 10.8. The van der Waals surface area contributed by atoms with Gasteiger partial charge in [-0.2, -0.15) is 5.10 Å². The molecule has 23 heavy (non-hydrogen) atoms. The maximum Gasteiger partial charge on any atom is 0.216 e. The third kappa shape index (κ3) is 4.67. The van der Waals surface area contributed by atoms with Crippen LogP contribution in [-0.2, 0) is 24.9 Å². The minimum Gasteiger partial charge on any atom is -0.481 e. The number of hydrogen-bond donors (Lipinski definition) is 1. The fourth-order valence-corrected chi connectivity index (χ4v) is 2.30. The van der Waals surface area contributed by atoms with Gasteiger partial charge in [0.05, 0.1) is 25.0 Å². The number of hydrogen-bond acceptors (Lipinski definition) is 6. The van der Waals surface area contributed by atoms with Crippen molar-refractivity contribution in [3.63, 3.8) is 0 Å². The number of nitrogens with one attached hydrogen (secondary N) is 1. The molecule has 0 bridgehead atoms.